The van der Waals surface area contributed by atoms with E-state index in [0.29, 0.717) is 19.4 Å². The first kappa shape index (κ1) is 15.2. The summed E-state index contributed by atoms with van der Waals surface area (Å²) < 4.78 is 0. The number of benzene rings is 1. The van der Waals surface area contributed by atoms with E-state index in [2.05, 4.69) is 5.32 Å². The van der Waals surface area contributed by atoms with E-state index in [4.69, 9.17) is 0 Å². The number of rotatable bonds is 6. The molecule has 0 fully saturated rings. The van der Waals surface area contributed by atoms with Crippen LogP contribution >= 0.6 is 0 Å². The molecule has 21 heavy (non-hydrogen) atoms. The molecule has 1 heterocycles. The Hall–Kier alpha value is -2.17. The lowest BCUT2D eigenvalue weighted by Crippen LogP contribution is -2.34. The summed E-state index contributed by atoms with van der Waals surface area (Å²) >= 11 is 0. The van der Waals surface area contributed by atoms with Crippen molar-refractivity contribution in [2.75, 3.05) is 0 Å². The van der Waals surface area contributed by atoms with Gasteiger partial charge in [0.2, 0.25) is 12.3 Å². The minimum Gasteiger partial charge on any atom is -0.332 e. The van der Waals surface area contributed by atoms with Gasteiger partial charge in [-0.3, -0.25) is 19.7 Å². The first-order chi connectivity index (χ1) is 10.1. The van der Waals surface area contributed by atoms with Gasteiger partial charge in [0.25, 0.3) is 5.91 Å². The molecule has 0 aliphatic carbocycles. The standard InChI is InChI=1S/C16H20N2O3/c1-3-12-5-4-6-13-9-18(16(21)15(12)13)11(2)7-8-14(20)17-10-19/h4-6,10-11H,3,7-9H2,1-2H3,(H,17,19,20). The van der Waals surface area contributed by atoms with E-state index in [1.165, 1.54) is 0 Å². The molecule has 0 radical (unpaired) electrons. The summed E-state index contributed by atoms with van der Waals surface area (Å²) in [5.41, 5.74) is 2.96. The number of imide groups is 1. The molecule has 5 heteroatoms. The molecule has 0 saturated heterocycles. The van der Waals surface area contributed by atoms with Crippen LogP contribution in [0.1, 0.15) is 48.2 Å². The first-order valence-electron chi connectivity index (χ1n) is 7.23. The number of hydrogen-bond donors (Lipinski definition) is 1. The summed E-state index contributed by atoms with van der Waals surface area (Å²) in [7, 11) is 0. The highest BCUT2D eigenvalue weighted by Gasteiger charge is 2.32. The van der Waals surface area contributed by atoms with Crippen molar-refractivity contribution in [1.29, 1.82) is 0 Å². The largest absolute Gasteiger partial charge is 0.332 e. The van der Waals surface area contributed by atoms with Crippen molar-refractivity contribution in [3.63, 3.8) is 0 Å². The molecule has 1 unspecified atom stereocenters. The summed E-state index contributed by atoms with van der Waals surface area (Å²) in [6.07, 6.45) is 2.00. The summed E-state index contributed by atoms with van der Waals surface area (Å²) in [6, 6.07) is 5.92. The van der Waals surface area contributed by atoms with Crippen LogP contribution in [0, 0.1) is 0 Å². The van der Waals surface area contributed by atoms with Crippen molar-refractivity contribution < 1.29 is 14.4 Å². The van der Waals surface area contributed by atoms with Gasteiger partial charge in [-0.2, -0.15) is 0 Å². The Kier molecular flexibility index (Phi) is 4.73. The van der Waals surface area contributed by atoms with E-state index >= 15 is 0 Å². The Balaban J connectivity index is 2.05. The van der Waals surface area contributed by atoms with Gasteiger partial charge in [-0.05, 0) is 30.9 Å². The van der Waals surface area contributed by atoms with E-state index in [1.807, 2.05) is 32.0 Å². The average molecular weight is 288 g/mol. The van der Waals surface area contributed by atoms with Gasteiger partial charge in [-0.15, -0.1) is 0 Å². The smallest absolute Gasteiger partial charge is 0.255 e. The molecule has 1 aromatic rings. The molecule has 0 spiro atoms. The van der Waals surface area contributed by atoms with Gasteiger partial charge in [0.05, 0.1) is 0 Å². The number of hydrogen-bond acceptors (Lipinski definition) is 3. The average Bonchev–Trinajstić information content (AvgIpc) is 2.82. The summed E-state index contributed by atoms with van der Waals surface area (Å²) in [4.78, 5) is 35.9. The highest BCUT2D eigenvalue weighted by atomic mass is 16.2. The predicted octanol–water partition coefficient (Wildman–Crippen LogP) is 1.65. The fraction of sp³-hybridized carbons (Fsp3) is 0.438. The Morgan fingerprint density at radius 3 is 2.90 bits per heavy atom. The van der Waals surface area contributed by atoms with Crippen LogP contribution in [0.3, 0.4) is 0 Å². The quantitative estimate of drug-likeness (QED) is 0.809. The second-order valence-electron chi connectivity index (χ2n) is 5.31. The molecule has 3 amide bonds. The van der Waals surface area contributed by atoms with Crippen LogP contribution in [0.15, 0.2) is 18.2 Å². The normalized spacial score (nSPS) is 14.8. The minimum atomic E-state index is -0.310. The zero-order valence-electron chi connectivity index (χ0n) is 12.4. The van der Waals surface area contributed by atoms with E-state index in [1.54, 1.807) is 4.90 Å². The maximum absolute atomic E-state index is 12.6. The minimum absolute atomic E-state index is 0.0352. The fourth-order valence-electron chi connectivity index (χ4n) is 2.74. The molecule has 1 aromatic carbocycles. The van der Waals surface area contributed by atoms with Gasteiger partial charge in [-0.1, -0.05) is 25.1 Å². The second-order valence-corrected chi connectivity index (χ2v) is 5.31. The van der Waals surface area contributed by atoms with Crippen molar-refractivity contribution in [2.24, 2.45) is 0 Å². The molecule has 0 aromatic heterocycles. The number of carbonyl (C=O) groups is 3. The number of nitrogens with zero attached hydrogens (tertiary/aromatic N) is 1. The van der Waals surface area contributed by atoms with Crippen LogP contribution in [-0.2, 0) is 22.6 Å². The fourth-order valence-corrected chi connectivity index (χ4v) is 2.74. The SMILES string of the molecule is CCc1cccc2c1C(=O)N(C(C)CCC(=O)NC=O)C2. The van der Waals surface area contributed by atoms with Gasteiger partial charge in [0.1, 0.15) is 0 Å². The molecule has 1 atom stereocenters. The van der Waals surface area contributed by atoms with Crippen molar-refractivity contribution in [2.45, 2.75) is 45.7 Å². The molecule has 2 rings (SSSR count). The van der Waals surface area contributed by atoms with Crippen molar-refractivity contribution in [1.82, 2.24) is 10.2 Å². The van der Waals surface area contributed by atoms with Crippen LogP contribution < -0.4 is 5.32 Å². The summed E-state index contributed by atoms with van der Waals surface area (Å²) in [6.45, 7) is 4.57. The molecule has 1 N–H and O–H groups in total. The molecule has 112 valence electrons. The molecule has 1 aliphatic rings. The third kappa shape index (κ3) is 3.12. The summed E-state index contributed by atoms with van der Waals surface area (Å²) in [5, 5.41) is 2.12. The Morgan fingerprint density at radius 2 is 2.24 bits per heavy atom. The van der Waals surface area contributed by atoms with E-state index in [-0.39, 0.29) is 24.3 Å². The topological polar surface area (TPSA) is 66.5 Å². The monoisotopic (exact) mass is 288 g/mol. The lowest BCUT2D eigenvalue weighted by Gasteiger charge is -2.24. The van der Waals surface area contributed by atoms with Crippen LogP contribution in [0.25, 0.3) is 0 Å². The lowest BCUT2D eigenvalue weighted by atomic mass is 10.0. The van der Waals surface area contributed by atoms with Gasteiger partial charge in [0.15, 0.2) is 0 Å². The van der Waals surface area contributed by atoms with Crippen LogP contribution in [0.2, 0.25) is 0 Å². The zero-order valence-corrected chi connectivity index (χ0v) is 12.4. The molecular formula is C16H20N2O3. The third-order valence-electron chi connectivity index (χ3n) is 3.97. The molecule has 5 nitrogen and oxygen atoms in total. The maximum atomic E-state index is 12.6. The van der Waals surface area contributed by atoms with Crippen molar-refractivity contribution >= 4 is 18.2 Å². The molecule has 0 bridgehead atoms. The van der Waals surface area contributed by atoms with Crippen molar-refractivity contribution in [3.8, 4) is 0 Å². The Morgan fingerprint density at radius 1 is 1.48 bits per heavy atom. The highest BCUT2D eigenvalue weighted by molar-refractivity contribution is 6.00. The molecule has 0 saturated carbocycles. The number of aryl methyl sites for hydroxylation is 1. The van der Waals surface area contributed by atoms with Gasteiger partial charge >= 0.3 is 0 Å². The molecular weight excluding hydrogens is 268 g/mol. The van der Waals surface area contributed by atoms with E-state index in [0.717, 1.165) is 23.1 Å². The second kappa shape index (κ2) is 6.52. The van der Waals surface area contributed by atoms with E-state index in [9.17, 15) is 14.4 Å². The predicted molar refractivity (Wildman–Crippen MR) is 78.6 cm³/mol. The number of carbonyl (C=O) groups excluding carboxylic acids is 3. The van der Waals surface area contributed by atoms with Crippen molar-refractivity contribution in [3.05, 3.63) is 34.9 Å². The molecule has 1 aliphatic heterocycles. The highest BCUT2D eigenvalue weighted by Crippen LogP contribution is 2.28. The van der Waals surface area contributed by atoms with E-state index < -0.39 is 0 Å². The van der Waals surface area contributed by atoms with Crippen LogP contribution in [0.4, 0.5) is 0 Å². The zero-order chi connectivity index (χ0) is 15.4. The number of amides is 3. The number of fused-ring (bicyclic) bond motifs is 1. The summed E-state index contributed by atoms with van der Waals surface area (Å²) in [5.74, 6) is -0.263. The Labute approximate surface area is 124 Å². The third-order valence-corrected chi connectivity index (χ3v) is 3.97. The maximum Gasteiger partial charge on any atom is 0.255 e. The van der Waals surface area contributed by atoms with Gasteiger partial charge < -0.3 is 4.90 Å². The van der Waals surface area contributed by atoms with Gasteiger partial charge in [-0.25, -0.2) is 0 Å². The lowest BCUT2D eigenvalue weighted by molar-refractivity contribution is -0.125. The van der Waals surface area contributed by atoms with Gasteiger partial charge in [0, 0.05) is 24.6 Å². The first-order valence-corrected chi connectivity index (χ1v) is 7.23. The van der Waals surface area contributed by atoms with Crippen LogP contribution in [-0.4, -0.2) is 29.2 Å². The number of nitrogens with one attached hydrogen (secondary N) is 1. The Bertz CT molecular complexity index is 569. The van der Waals surface area contributed by atoms with Crippen LogP contribution in [0.5, 0.6) is 0 Å².